The summed E-state index contributed by atoms with van der Waals surface area (Å²) in [6.07, 6.45) is -3.42. The van der Waals surface area contributed by atoms with Crippen molar-refractivity contribution in [1.29, 1.82) is 0 Å². The molecule has 1 aromatic rings. The van der Waals surface area contributed by atoms with Gasteiger partial charge in [0.1, 0.15) is 0 Å². The zero-order valence-corrected chi connectivity index (χ0v) is 14.5. The van der Waals surface area contributed by atoms with E-state index in [-0.39, 0.29) is 12.1 Å². The number of ether oxygens (including phenoxy) is 2. The van der Waals surface area contributed by atoms with E-state index in [2.05, 4.69) is 5.32 Å². The number of halogens is 3. The molecule has 1 aliphatic heterocycles. The lowest BCUT2D eigenvalue weighted by atomic mass is 10.0. The number of hydrogen-bond acceptors (Lipinski definition) is 4. The van der Waals surface area contributed by atoms with E-state index in [0.717, 1.165) is 11.1 Å². The first-order chi connectivity index (χ1) is 11.2. The molecule has 0 amide bonds. The molecule has 1 aromatic carbocycles. The van der Waals surface area contributed by atoms with Crippen LogP contribution in [0.25, 0.3) is 0 Å². The minimum Gasteiger partial charge on any atom is -0.493 e. The van der Waals surface area contributed by atoms with Crippen molar-refractivity contribution in [1.82, 2.24) is 10.2 Å². The van der Waals surface area contributed by atoms with E-state index in [1.165, 1.54) is 4.90 Å². The Bertz CT molecular complexity index is 564. The van der Waals surface area contributed by atoms with Gasteiger partial charge in [-0.3, -0.25) is 4.90 Å². The van der Waals surface area contributed by atoms with E-state index in [9.17, 15) is 13.2 Å². The van der Waals surface area contributed by atoms with Crippen LogP contribution in [0, 0.1) is 6.92 Å². The molecule has 1 fully saturated rings. The van der Waals surface area contributed by atoms with Crippen LogP contribution in [-0.4, -0.2) is 51.0 Å². The molecule has 4 nitrogen and oxygen atoms in total. The summed E-state index contributed by atoms with van der Waals surface area (Å²) in [4.78, 5) is 1.45. The summed E-state index contributed by atoms with van der Waals surface area (Å²) >= 11 is 0. The fourth-order valence-electron chi connectivity index (χ4n) is 3.27. The van der Waals surface area contributed by atoms with Crippen LogP contribution < -0.4 is 14.8 Å². The fraction of sp³-hybridized carbons (Fsp3) is 0.647. The van der Waals surface area contributed by atoms with Crippen molar-refractivity contribution in [2.24, 2.45) is 0 Å². The average molecular weight is 346 g/mol. The van der Waals surface area contributed by atoms with Crippen molar-refractivity contribution in [3.05, 3.63) is 23.3 Å². The van der Waals surface area contributed by atoms with Gasteiger partial charge in [0.15, 0.2) is 11.5 Å². The zero-order valence-electron chi connectivity index (χ0n) is 14.5. The van der Waals surface area contributed by atoms with E-state index < -0.39 is 12.7 Å². The Balaban J connectivity index is 2.02. The first-order valence-electron chi connectivity index (χ1n) is 8.01. The molecule has 1 N–H and O–H groups in total. The van der Waals surface area contributed by atoms with E-state index in [1.807, 2.05) is 26.0 Å². The second-order valence-electron chi connectivity index (χ2n) is 6.29. The molecule has 24 heavy (non-hydrogen) atoms. The Morgan fingerprint density at radius 2 is 1.88 bits per heavy atom. The number of nitrogens with zero attached hydrogens (tertiary/aromatic N) is 1. The molecular weight excluding hydrogens is 321 g/mol. The molecule has 1 heterocycles. The van der Waals surface area contributed by atoms with Crippen molar-refractivity contribution < 1.29 is 22.6 Å². The van der Waals surface area contributed by atoms with Gasteiger partial charge in [-0.25, -0.2) is 0 Å². The number of benzene rings is 1. The summed E-state index contributed by atoms with van der Waals surface area (Å²) in [6, 6.07) is 3.90. The van der Waals surface area contributed by atoms with Gasteiger partial charge in [-0.1, -0.05) is 0 Å². The van der Waals surface area contributed by atoms with Crippen LogP contribution >= 0.6 is 0 Å². The van der Waals surface area contributed by atoms with Gasteiger partial charge in [-0.05, 0) is 43.5 Å². The Morgan fingerprint density at radius 3 is 2.46 bits per heavy atom. The number of nitrogens with one attached hydrogen (secondary N) is 1. The van der Waals surface area contributed by atoms with Crippen LogP contribution in [0.5, 0.6) is 11.5 Å². The third-order valence-electron chi connectivity index (χ3n) is 4.40. The molecule has 7 heteroatoms. The van der Waals surface area contributed by atoms with E-state index >= 15 is 0 Å². The minimum atomic E-state index is -4.14. The number of aryl methyl sites for hydroxylation is 1. The van der Waals surface area contributed by atoms with Crippen LogP contribution in [0.1, 0.15) is 30.5 Å². The zero-order chi connectivity index (χ0) is 17.9. The van der Waals surface area contributed by atoms with Gasteiger partial charge in [0.25, 0.3) is 0 Å². The molecule has 1 aliphatic rings. The highest BCUT2D eigenvalue weighted by molar-refractivity contribution is 5.48. The van der Waals surface area contributed by atoms with Gasteiger partial charge in [0.2, 0.25) is 0 Å². The van der Waals surface area contributed by atoms with Crippen molar-refractivity contribution in [3.8, 4) is 11.5 Å². The SMILES string of the molecule is COc1cc(C)c(C(C)NC2CCN(CC(F)(F)F)C2)cc1OC. The minimum absolute atomic E-state index is 0.0145. The highest BCUT2D eigenvalue weighted by atomic mass is 19.4. The highest BCUT2D eigenvalue weighted by Gasteiger charge is 2.34. The summed E-state index contributed by atoms with van der Waals surface area (Å²) in [7, 11) is 3.17. The van der Waals surface area contributed by atoms with Crippen LogP contribution in [0.4, 0.5) is 13.2 Å². The van der Waals surface area contributed by atoms with Gasteiger partial charge in [-0.2, -0.15) is 13.2 Å². The van der Waals surface area contributed by atoms with Crippen molar-refractivity contribution >= 4 is 0 Å². The van der Waals surface area contributed by atoms with E-state index in [4.69, 9.17) is 9.47 Å². The topological polar surface area (TPSA) is 33.7 Å². The number of rotatable bonds is 6. The second kappa shape index (κ2) is 7.61. The summed E-state index contributed by atoms with van der Waals surface area (Å²) in [5, 5.41) is 3.44. The Labute approximate surface area is 140 Å². The predicted molar refractivity (Wildman–Crippen MR) is 86.7 cm³/mol. The molecule has 1 saturated heterocycles. The maximum absolute atomic E-state index is 12.5. The molecule has 0 radical (unpaired) electrons. The maximum atomic E-state index is 12.5. The number of hydrogen-bond donors (Lipinski definition) is 1. The maximum Gasteiger partial charge on any atom is 0.401 e. The smallest absolute Gasteiger partial charge is 0.401 e. The summed E-state index contributed by atoms with van der Waals surface area (Å²) in [5.41, 5.74) is 2.11. The Morgan fingerprint density at radius 1 is 1.25 bits per heavy atom. The quantitative estimate of drug-likeness (QED) is 0.857. The second-order valence-corrected chi connectivity index (χ2v) is 6.29. The van der Waals surface area contributed by atoms with E-state index in [0.29, 0.717) is 31.0 Å². The first kappa shape index (κ1) is 18.9. The molecular formula is C17H25F3N2O2. The lowest BCUT2D eigenvalue weighted by Gasteiger charge is -2.23. The lowest BCUT2D eigenvalue weighted by molar-refractivity contribution is -0.143. The fourth-order valence-corrected chi connectivity index (χ4v) is 3.27. The third-order valence-corrected chi connectivity index (χ3v) is 4.40. The van der Waals surface area contributed by atoms with Gasteiger partial charge in [0, 0.05) is 25.2 Å². The normalized spacial score (nSPS) is 20.2. The molecule has 136 valence electrons. The average Bonchev–Trinajstić information content (AvgIpc) is 2.91. The molecule has 0 aliphatic carbocycles. The van der Waals surface area contributed by atoms with Crippen LogP contribution in [0.2, 0.25) is 0 Å². The van der Waals surface area contributed by atoms with Gasteiger partial charge < -0.3 is 14.8 Å². The molecule has 0 spiro atoms. The standard InChI is InChI=1S/C17H25F3N2O2/c1-11-7-15(23-3)16(24-4)8-14(11)12(2)21-13-5-6-22(9-13)10-17(18,19)20/h7-8,12-13,21H,5-6,9-10H2,1-4H3. The number of alkyl halides is 3. The number of likely N-dealkylation sites (tertiary alicyclic amines) is 1. The van der Waals surface area contributed by atoms with Crippen molar-refractivity contribution in [2.45, 2.75) is 38.5 Å². The van der Waals surface area contributed by atoms with Gasteiger partial charge >= 0.3 is 6.18 Å². The molecule has 2 rings (SSSR count). The van der Waals surface area contributed by atoms with Crippen molar-refractivity contribution in [2.75, 3.05) is 33.9 Å². The molecule has 0 aromatic heterocycles. The summed E-state index contributed by atoms with van der Waals surface area (Å²) in [6.45, 7) is 4.04. The van der Waals surface area contributed by atoms with Crippen LogP contribution in [0.3, 0.4) is 0 Å². The molecule has 2 unspecified atom stereocenters. The molecule has 2 atom stereocenters. The van der Waals surface area contributed by atoms with Gasteiger partial charge in [-0.15, -0.1) is 0 Å². The Hall–Kier alpha value is -1.47. The molecule has 0 bridgehead atoms. The number of methoxy groups -OCH3 is 2. The summed E-state index contributed by atoms with van der Waals surface area (Å²) < 4.78 is 48.1. The lowest BCUT2D eigenvalue weighted by Crippen LogP contribution is -2.37. The Kier molecular flexibility index (Phi) is 5.98. The van der Waals surface area contributed by atoms with E-state index in [1.54, 1.807) is 14.2 Å². The third kappa shape index (κ3) is 4.77. The van der Waals surface area contributed by atoms with Crippen molar-refractivity contribution in [3.63, 3.8) is 0 Å². The van der Waals surface area contributed by atoms with Crippen LogP contribution in [-0.2, 0) is 0 Å². The predicted octanol–water partition coefficient (Wildman–Crippen LogP) is 3.30. The molecule has 0 saturated carbocycles. The monoisotopic (exact) mass is 346 g/mol. The van der Waals surface area contributed by atoms with Crippen LogP contribution in [0.15, 0.2) is 12.1 Å². The first-order valence-corrected chi connectivity index (χ1v) is 8.01. The van der Waals surface area contributed by atoms with Gasteiger partial charge in [0.05, 0.1) is 20.8 Å². The summed E-state index contributed by atoms with van der Waals surface area (Å²) in [5.74, 6) is 1.32. The largest absolute Gasteiger partial charge is 0.493 e. The highest BCUT2D eigenvalue weighted by Crippen LogP contribution is 2.33.